The summed E-state index contributed by atoms with van der Waals surface area (Å²) in [5, 5.41) is 0. The number of carbonyl (C=O) groups excluding carboxylic acids is 1. The second-order valence-electron chi connectivity index (χ2n) is 6.95. The zero-order valence-corrected chi connectivity index (χ0v) is 16.6. The Labute approximate surface area is 170 Å². The number of sulfonamides is 1. The largest absolute Gasteiger partial charge is 0.423 e. The summed E-state index contributed by atoms with van der Waals surface area (Å²) >= 11 is 0. The van der Waals surface area contributed by atoms with Crippen molar-refractivity contribution in [2.75, 3.05) is 16.6 Å². The van der Waals surface area contributed by atoms with Crippen LogP contribution in [0.1, 0.15) is 27.9 Å². The molecule has 1 heterocycles. The molecule has 0 atom stereocenters. The zero-order valence-electron chi connectivity index (χ0n) is 15.8. The highest BCUT2D eigenvalue weighted by Gasteiger charge is 2.28. The number of ether oxygens (including phenoxy) is 1. The molecule has 4 rings (SSSR count). The average Bonchev–Trinajstić information content (AvgIpc) is 3.09. The van der Waals surface area contributed by atoms with Gasteiger partial charge in [-0.3, -0.25) is 4.31 Å². The van der Waals surface area contributed by atoms with Crippen LogP contribution in [0.15, 0.2) is 78.9 Å². The Kier molecular flexibility index (Phi) is 5.36. The van der Waals surface area contributed by atoms with Crippen LogP contribution < -0.4 is 9.04 Å². The van der Waals surface area contributed by atoms with Crippen molar-refractivity contribution in [2.24, 2.45) is 0 Å². The van der Waals surface area contributed by atoms with Gasteiger partial charge in [-0.1, -0.05) is 48.5 Å². The Morgan fingerprint density at radius 1 is 0.897 bits per heavy atom. The maximum atomic E-state index is 12.6. The molecule has 0 spiro atoms. The number of nitrogens with zero attached hydrogens (tertiary/aromatic N) is 1. The molecular weight excluding hydrogens is 386 g/mol. The van der Waals surface area contributed by atoms with Crippen LogP contribution >= 0.6 is 0 Å². The molecule has 0 radical (unpaired) electrons. The van der Waals surface area contributed by atoms with E-state index in [4.69, 9.17) is 4.74 Å². The van der Waals surface area contributed by atoms with E-state index in [9.17, 15) is 13.2 Å². The van der Waals surface area contributed by atoms with Crippen molar-refractivity contribution < 1.29 is 17.9 Å². The molecule has 1 aliphatic rings. The summed E-state index contributed by atoms with van der Waals surface area (Å²) in [5.74, 6) is 0.212. The van der Waals surface area contributed by atoms with Gasteiger partial charge in [0.15, 0.2) is 0 Å². The monoisotopic (exact) mass is 407 g/mol. The number of para-hydroxylation sites is 1. The van der Waals surface area contributed by atoms with Crippen LogP contribution in [-0.4, -0.2) is 26.7 Å². The fraction of sp³-hybridized carbons (Fsp3) is 0.174. The van der Waals surface area contributed by atoms with Gasteiger partial charge in [0.2, 0.25) is 10.0 Å². The van der Waals surface area contributed by atoms with Gasteiger partial charge < -0.3 is 4.74 Å². The highest BCUT2D eigenvalue weighted by Crippen LogP contribution is 2.26. The van der Waals surface area contributed by atoms with Crippen molar-refractivity contribution in [3.05, 3.63) is 95.6 Å². The first-order valence-electron chi connectivity index (χ1n) is 9.47. The molecule has 3 aromatic carbocycles. The van der Waals surface area contributed by atoms with E-state index in [0.717, 1.165) is 11.1 Å². The third kappa shape index (κ3) is 4.32. The van der Waals surface area contributed by atoms with Crippen molar-refractivity contribution in [1.82, 2.24) is 0 Å². The molecule has 29 heavy (non-hydrogen) atoms. The van der Waals surface area contributed by atoms with E-state index >= 15 is 0 Å². The number of hydrogen-bond acceptors (Lipinski definition) is 4. The van der Waals surface area contributed by atoms with Gasteiger partial charge >= 0.3 is 5.97 Å². The first-order chi connectivity index (χ1) is 14.0. The molecule has 1 saturated heterocycles. The fourth-order valence-electron chi connectivity index (χ4n) is 3.42. The van der Waals surface area contributed by atoms with Crippen molar-refractivity contribution in [3.63, 3.8) is 0 Å². The number of rotatable bonds is 5. The number of esters is 1. The molecular formula is C23H21NO4S. The first kappa shape index (κ1) is 19.2. The van der Waals surface area contributed by atoms with Crippen LogP contribution in [0.25, 0.3) is 0 Å². The van der Waals surface area contributed by atoms with Crippen molar-refractivity contribution >= 4 is 21.7 Å². The summed E-state index contributed by atoms with van der Waals surface area (Å²) in [4.78, 5) is 12.6. The highest BCUT2D eigenvalue weighted by atomic mass is 32.2. The zero-order chi connectivity index (χ0) is 20.3. The third-order valence-electron chi connectivity index (χ3n) is 4.90. The maximum absolute atomic E-state index is 12.6. The number of benzene rings is 3. The Bertz CT molecular complexity index is 1110. The Hall–Kier alpha value is -3.12. The smallest absolute Gasteiger partial charge is 0.343 e. The predicted octanol–water partition coefficient (Wildman–Crippen LogP) is 4.04. The lowest BCUT2D eigenvalue weighted by molar-refractivity contribution is 0.0733. The molecule has 0 saturated carbocycles. The minimum atomic E-state index is -3.24. The Morgan fingerprint density at radius 2 is 1.59 bits per heavy atom. The van der Waals surface area contributed by atoms with Crippen LogP contribution in [0.4, 0.5) is 5.69 Å². The lowest BCUT2D eigenvalue weighted by Crippen LogP contribution is -2.25. The van der Waals surface area contributed by atoms with E-state index in [0.29, 0.717) is 36.4 Å². The van der Waals surface area contributed by atoms with E-state index in [1.807, 2.05) is 48.5 Å². The molecule has 1 fully saturated rings. The van der Waals surface area contributed by atoms with E-state index in [1.54, 1.807) is 30.3 Å². The predicted molar refractivity (Wildman–Crippen MR) is 113 cm³/mol. The van der Waals surface area contributed by atoms with Gasteiger partial charge in [-0.25, -0.2) is 13.2 Å². The quantitative estimate of drug-likeness (QED) is 0.473. The fourth-order valence-corrected chi connectivity index (χ4v) is 4.98. The van der Waals surface area contributed by atoms with Gasteiger partial charge in [-0.05, 0) is 47.9 Å². The number of hydrogen-bond donors (Lipinski definition) is 0. The number of anilines is 1. The third-order valence-corrected chi connectivity index (χ3v) is 6.77. The molecule has 0 amide bonds. The lowest BCUT2D eigenvalue weighted by Gasteiger charge is -2.17. The van der Waals surface area contributed by atoms with Crippen molar-refractivity contribution in [1.29, 1.82) is 0 Å². The summed E-state index contributed by atoms with van der Waals surface area (Å²) in [6, 6.07) is 24.0. The van der Waals surface area contributed by atoms with Crippen LogP contribution in [0.5, 0.6) is 5.75 Å². The molecule has 148 valence electrons. The normalized spacial score (nSPS) is 15.2. The first-order valence-corrected chi connectivity index (χ1v) is 11.1. The summed E-state index contributed by atoms with van der Waals surface area (Å²) in [7, 11) is -3.24. The van der Waals surface area contributed by atoms with Crippen LogP contribution in [0, 0.1) is 0 Å². The van der Waals surface area contributed by atoms with Crippen LogP contribution in [0.3, 0.4) is 0 Å². The summed E-state index contributed by atoms with van der Waals surface area (Å²) in [6.45, 7) is 0.471. The molecule has 1 aliphatic heterocycles. The molecule has 0 N–H and O–H groups in total. The van der Waals surface area contributed by atoms with Crippen molar-refractivity contribution in [3.8, 4) is 5.75 Å². The summed E-state index contributed by atoms with van der Waals surface area (Å²) in [6.07, 6.45) is 1.28. The van der Waals surface area contributed by atoms with Gasteiger partial charge in [0.05, 0.1) is 17.0 Å². The second kappa shape index (κ2) is 8.09. The summed E-state index contributed by atoms with van der Waals surface area (Å²) < 4.78 is 31.1. The van der Waals surface area contributed by atoms with E-state index in [1.165, 1.54) is 4.31 Å². The van der Waals surface area contributed by atoms with Gasteiger partial charge in [0.1, 0.15) is 5.75 Å². The van der Waals surface area contributed by atoms with Crippen LogP contribution in [-0.2, 0) is 16.4 Å². The van der Waals surface area contributed by atoms with Gasteiger partial charge in [-0.15, -0.1) is 0 Å². The van der Waals surface area contributed by atoms with E-state index < -0.39 is 16.0 Å². The number of carbonyl (C=O) groups is 1. The second-order valence-corrected chi connectivity index (χ2v) is 8.96. The maximum Gasteiger partial charge on any atom is 0.343 e. The lowest BCUT2D eigenvalue weighted by atomic mass is 10.0. The molecule has 6 heteroatoms. The van der Waals surface area contributed by atoms with Gasteiger partial charge in [0, 0.05) is 13.0 Å². The highest BCUT2D eigenvalue weighted by molar-refractivity contribution is 7.93. The van der Waals surface area contributed by atoms with E-state index in [-0.39, 0.29) is 5.75 Å². The van der Waals surface area contributed by atoms with Gasteiger partial charge in [0.25, 0.3) is 0 Å². The molecule has 0 unspecified atom stereocenters. The topological polar surface area (TPSA) is 63.7 Å². The van der Waals surface area contributed by atoms with Gasteiger partial charge in [-0.2, -0.15) is 0 Å². The Balaban J connectivity index is 1.50. The molecule has 0 aliphatic carbocycles. The molecule has 3 aromatic rings. The van der Waals surface area contributed by atoms with Crippen molar-refractivity contribution in [2.45, 2.75) is 12.8 Å². The van der Waals surface area contributed by atoms with E-state index in [2.05, 4.69) is 0 Å². The molecule has 0 bridgehead atoms. The Morgan fingerprint density at radius 3 is 2.28 bits per heavy atom. The minimum absolute atomic E-state index is 0.162. The summed E-state index contributed by atoms with van der Waals surface area (Å²) in [5.41, 5.74) is 3.00. The standard InChI is InChI=1S/C23H21NO4S/c25-23(19-11-13-21(14-12-19)24-15-6-16-29(24,26)27)28-22-10-5-4-9-20(22)17-18-7-2-1-3-8-18/h1-5,7-14H,6,15-17H2. The SMILES string of the molecule is O=C(Oc1ccccc1Cc1ccccc1)c1ccc(N2CCCS2(=O)=O)cc1. The molecule has 0 aromatic heterocycles. The van der Waals surface area contributed by atoms with Crippen LogP contribution in [0.2, 0.25) is 0 Å². The average molecular weight is 407 g/mol. The minimum Gasteiger partial charge on any atom is -0.423 e. The molecule has 5 nitrogen and oxygen atoms in total.